The van der Waals surface area contributed by atoms with E-state index < -0.39 is 0 Å². The molecule has 2 atom stereocenters. The summed E-state index contributed by atoms with van der Waals surface area (Å²) in [5.41, 5.74) is 7.37. The molecule has 2 unspecified atom stereocenters. The normalized spacial score (nSPS) is 22.1. The number of nitrogens with zero attached hydrogens (tertiary/aromatic N) is 1. The second-order valence-corrected chi connectivity index (χ2v) is 4.55. The van der Waals surface area contributed by atoms with Gasteiger partial charge < -0.3 is 5.73 Å². The number of carbonyl (C=O) groups is 2. The van der Waals surface area contributed by atoms with Crippen molar-refractivity contribution in [2.75, 3.05) is 4.90 Å². The molecule has 2 amide bonds. The van der Waals surface area contributed by atoms with E-state index in [2.05, 4.69) is 0 Å². The van der Waals surface area contributed by atoms with Crippen LogP contribution in [-0.2, 0) is 9.59 Å². The molecule has 0 radical (unpaired) electrons. The largest absolute Gasteiger partial charge is 0.324 e. The minimum Gasteiger partial charge on any atom is -0.324 e. The summed E-state index contributed by atoms with van der Waals surface area (Å²) in [6.45, 7) is 3.67. The van der Waals surface area contributed by atoms with E-state index >= 15 is 0 Å². The first-order chi connectivity index (χ1) is 8.00. The van der Waals surface area contributed by atoms with Gasteiger partial charge in [0.05, 0.1) is 5.69 Å². The van der Waals surface area contributed by atoms with E-state index in [4.69, 9.17) is 5.73 Å². The van der Waals surface area contributed by atoms with Gasteiger partial charge in [-0.2, -0.15) is 0 Å². The van der Waals surface area contributed by atoms with Crippen molar-refractivity contribution in [1.82, 2.24) is 0 Å². The lowest BCUT2D eigenvalue weighted by Gasteiger charge is -2.15. The summed E-state index contributed by atoms with van der Waals surface area (Å²) in [5, 5.41) is 0. The van der Waals surface area contributed by atoms with Crippen molar-refractivity contribution in [3.63, 3.8) is 0 Å². The van der Waals surface area contributed by atoms with E-state index in [9.17, 15) is 9.59 Å². The molecule has 0 spiro atoms. The first kappa shape index (κ1) is 11.8. The van der Waals surface area contributed by atoms with Crippen molar-refractivity contribution in [3.05, 3.63) is 29.8 Å². The second-order valence-electron chi connectivity index (χ2n) is 4.55. The Morgan fingerprint density at radius 1 is 1.29 bits per heavy atom. The van der Waals surface area contributed by atoms with Gasteiger partial charge in [-0.15, -0.1) is 0 Å². The summed E-state index contributed by atoms with van der Waals surface area (Å²) in [7, 11) is 0. The average Bonchev–Trinajstić information content (AvgIpc) is 2.53. The number of hydrogen-bond donors (Lipinski definition) is 1. The third-order valence-electron chi connectivity index (χ3n) is 3.05. The minimum atomic E-state index is -0.212. The summed E-state index contributed by atoms with van der Waals surface area (Å²) < 4.78 is 0. The quantitative estimate of drug-likeness (QED) is 0.788. The molecule has 0 saturated carbocycles. The van der Waals surface area contributed by atoms with Crippen LogP contribution >= 0.6 is 0 Å². The van der Waals surface area contributed by atoms with Crippen molar-refractivity contribution < 1.29 is 9.59 Å². The average molecular weight is 232 g/mol. The summed E-state index contributed by atoms with van der Waals surface area (Å²) in [4.78, 5) is 24.8. The minimum absolute atomic E-state index is 0.0482. The van der Waals surface area contributed by atoms with Crippen LogP contribution in [0.15, 0.2) is 24.3 Å². The van der Waals surface area contributed by atoms with Gasteiger partial charge in [0.2, 0.25) is 11.8 Å². The molecule has 0 aromatic heterocycles. The molecule has 0 bridgehead atoms. The fourth-order valence-electron chi connectivity index (χ4n) is 1.98. The van der Waals surface area contributed by atoms with Gasteiger partial charge >= 0.3 is 0 Å². The van der Waals surface area contributed by atoms with Crippen LogP contribution in [-0.4, -0.2) is 11.8 Å². The van der Waals surface area contributed by atoms with Crippen molar-refractivity contribution >= 4 is 17.5 Å². The van der Waals surface area contributed by atoms with E-state index in [-0.39, 0.29) is 23.8 Å². The third kappa shape index (κ3) is 2.08. The maximum absolute atomic E-state index is 11.8. The van der Waals surface area contributed by atoms with E-state index in [0.29, 0.717) is 12.1 Å². The second kappa shape index (κ2) is 4.30. The highest BCUT2D eigenvalue weighted by Crippen LogP contribution is 2.26. The molecule has 90 valence electrons. The molecule has 17 heavy (non-hydrogen) atoms. The number of anilines is 1. The Morgan fingerprint density at radius 2 is 1.88 bits per heavy atom. The molecule has 1 aliphatic rings. The van der Waals surface area contributed by atoms with E-state index in [1.807, 2.05) is 19.1 Å². The molecule has 1 aliphatic heterocycles. The van der Waals surface area contributed by atoms with Crippen LogP contribution in [0.5, 0.6) is 0 Å². The molecule has 2 N–H and O–H groups in total. The predicted octanol–water partition coefficient (Wildman–Crippen LogP) is 1.61. The Bertz CT molecular complexity index is 451. The lowest BCUT2D eigenvalue weighted by Crippen LogP contribution is -2.29. The number of benzene rings is 1. The van der Waals surface area contributed by atoms with Crippen molar-refractivity contribution in [2.45, 2.75) is 26.3 Å². The molecule has 0 aliphatic carbocycles. The molecular formula is C13H16N2O2. The van der Waals surface area contributed by atoms with Crippen LogP contribution in [0.1, 0.15) is 31.9 Å². The molecule has 1 heterocycles. The van der Waals surface area contributed by atoms with Gasteiger partial charge in [-0.25, -0.2) is 0 Å². The first-order valence-electron chi connectivity index (χ1n) is 5.73. The van der Waals surface area contributed by atoms with Crippen molar-refractivity contribution in [1.29, 1.82) is 0 Å². The molecule has 1 fully saturated rings. The smallest absolute Gasteiger partial charge is 0.237 e. The van der Waals surface area contributed by atoms with Crippen LogP contribution in [0.3, 0.4) is 0 Å². The molecular weight excluding hydrogens is 216 g/mol. The fraction of sp³-hybridized carbons (Fsp3) is 0.385. The SMILES string of the molecule is CC1CC(=O)N(c2ccc(C(C)N)cc2)C1=O. The highest BCUT2D eigenvalue weighted by Gasteiger charge is 2.36. The van der Waals surface area contributed by atoms with Gasteiger partial charge in [-0.3, -0.25) is 14.5 Å². The highest BCUT2D eigenvalue weighted by atomic mass is 16.2. The van der Waals surface area contributed by atoms with Crippen LogP contribution in [0, 0.1) is 5.92 Å². The van der Waals surface area contributed by atoms with Crippen molar-refractivity contribution in [3.8, 4) is 0 Å². The molecule has 1 aromatic rings. The Morgan fingerprint density at radius 3 is 2.29 bits per heavy atom. The summed E-state index contributed by atoms with van der Waals surface area (Å²) in [5.74, 6) is -0.463. The molecule has 1 saturated heterocycles. The van der Waals surface area contributed by atoms with Crippen LogP contribution in [0.25, 0.3) is 0 Å². The van der Waals surface area contributed by atoms with Gasteiger partial charge in [0.1, 0.15) is 0 Å². The maximum atomic E-state index is 11.8. The molecule has 4 heteroatoms. The van der Waals surface area contributed by atoms with E-state index in [0.717, 1.165) is 5.56 Å². The number of nitrogens with two attached hydrogens (primary N) is 1. The zero-order valence-electron chi connectivity index (χ0n) is 10.0. The Hall–Kier alpha value is -1.68. The number of rotatable bonds is 2. The maximum Gasteiger partial charge on any atom is 0.237 e. The van der Waals surface area contributed by atoms with Crippen LogP contribution in [0.4, 0.5) is 5.69 Å². The Balaban J connectivity index is 2.29. The van der Waals surface area contributed by atoms with Crippen LogP contribution < -0.4 is 10.6 Å². The van der Waals surface area contributed by atoms with Crippen molar-refractivity contribution in [2.24, 2.45) is 11.7 Å². The number of hydrogen-bond acceptors (Lipinski definition) is 3. The number of imide groups is 1. The molecule has 4 nitrogen and oxygen atoms in total. The number of carbonyl (C=O) groups excluding carboxylic acids is 2. The highest BCUT2D eigenvalue weighted by molar-refractivity contribution is 6.20. The van der Waals surface area contributed by atoms with Gasteiger partial charge in [-0.05, 0) is 24.6 Å². The Labute approximate surface area is 100 Å². The summed E-state index contributed by atoms with van der Waals surface area (Å²) in [6, 6.07) is 7.19. The predicted molar refractivity (Wildman–Crippen MR) is 65.3 cm³/mol. The van der Waals surface area contributed by atoms with Gasteiger partial charge in [0.15, 0.2) is 0 Å². The number of amides is 2. The Kier molecular flexibility index (Phi) is 2.98. The fourth-order valence-corrected chi connectivity index (χ4v) is 1.98. The van der Waals surface area contributed by atoms with Gasteiger partial charge in [-0.1, -0.05) is 19.1 Å². The zero-order chi connectivity index (χ0) is 12.6. The molecule has 2 rings (SSSR count). The van der Waals surface area contributed by atoms with Gasteiger partial charge in [0.25, 0.3) is 0 Å². The monoisotopic (exact) mass is 232 g/mol. The topological polar surface area (TPSA) is 63.4 Å². The summed E-state index contributed by atoms with van der Waals surface area (Å²) in [6.07, 6.45) is 0.299. The third-order valence-corrected chi connectivity index (χ3v) is 3.05. The zero-order valence-corrected chi connectivity index (χ0v) is 10.0. The lowest BCUT2D eigenvalue weighted by molar-refractivity contribution is -0.122. The standard InChI is InChI=1S/C13H16N2O2/c1-8-7-12(16)15(13(8)17)11-5-3-10(4-6-11)9(2)14/h3-6,8-9H,7,14H2,1-2H3. The van der Waals surface area contributed by atoms with E-state index in [1.54, 1.807) is 19.1 Å². The van der Waals surface area contributed by atoms with E-state index in [1.165, 1.54) is 4.90 Å². The first-order valence-corrected chi connectivity index (χ1v) is 5.73. The van der Waals surface area contributed by atoms with Crippen LogP contribution in [0.2, 0.25) is 0 Å². The van der Waals surface area contributed by atoms with Gasteiger partial charge in [0, 0.05) is 18.4 Å². The summed E-state index contributed by atoms with van der Waals surface area (Å²) >= 11 is 0. The lowest BCUT2D eigenvalue weighted by atomic mass is 10.1. The molecule has 1 aromatic carbocycles.